The van der Waals surface area contributed by atoms with Crippen molar-refractivity contribution in [2.45, 2.75) is 44.9 Å². The Bertz CT molecular complexity index is 760. The number of sulfonamides is 1. The van der Waals surface area contributed by atoms with E-state index in [1.54, 1.807) is 12.1 Å². The summed E-state index contributed by atoms with van der Waals surface area (Å²) in [6, 6.07) is 1.61. The molecule has 0 bridgehead atoms. The minimum atomic E-state index is -3.68. The van der Waals surface area contributed by atoms with Crippen LogP contribution >= 0.6 is 0 Å². The average Bonchev–Trinajstić information content (AvgIpc) is 3.22. The van der Waals surface area contributed by atoms with Crippen LogP contribution in [0.1, 0.15) is 41.5 Å². The van der Waals surface area contributed by atoms with E-state index >= 15 is 0 Å². The number of benzene rings is 1. The molecule has 3 rings (SSSR count). The molecule has 0 aliphatic heterocycles. The number of rotatable bonds is 7. The Hall–Kier alpha value is -1.64. The zero-order chi connectivity index (χ0) is 18.7. The van der Waals surface area contributed by atoms with Crippen LogP contribution in [0.4, 0.5) is 10.5 Å². The predicted octanol–water partition coefficient (Wildman–Crippen LogP) is 2.00. The minimum absolute atomic E-state index is 0.126. The number of nitrogens with one attached hydrogen (secondary N) is 2. The molecule has 0 spiro atoms. The lowest BCUT2D eigenvalue weighted by molar-refractivity contribution is -0.108. The number of amides is 2. The van der Waals surface area contributed by atoms with Gasteiger partial charge in [-0.2, -0.15) is 5.06 Å². The fourth-order valence-electron chi connectivity index (χ4n) is 3.87. The molecule has 144 valence electrons. The van der Waals surface area contributed by atoms with Crippen LogP contribution in [0.3, 0.4) is 0 Å². The molecule has 0 fully saturated rings. The highest BCUT2D eigenvalue weighted by Crippen LogP contribution is 2.38. The van der Waals surface area contributed by atoms with Crippen LogP contribution in [0.5, 0.6) is 0 Å². The molecule has 0 heterocycles. The molecule has 1 aromatic carbocycles. The lowest BCUT2D eigenvalue weighted by Crippen LogP contribution is -2.37. The monoisotopic (exact) mass is 381 g/mol. The highest BCUT2D eigenvalue weighted by molar-refractivity contribution is 7.90. The zero-order valence-corrected chi connectivity index (χ0v) is 16.2. The van der Waals surface area contributed by atoms with E-state index in [1.807, 2.05) is 0 Å². The quantitative estimate of drug-likeness (QED) is 0.706. The van der Waals surface area contributed by atoms with Crippen molar-refractivity contribution in [1.29, 1.82) is 0 Å². The molecule has 0 saturated heterocycles. The largest absolute Gasteiger partial charge is 0.332 e. The summed E-state index contributed by atoms with van der Waals surface area (Å²) in [6.45, 7) is 0.471. The molecule has 8 heteroatoms. The summed E-state index contributed by atoms with van der Waals surface area (Å²) in [5.74, 6) is -0.126. The first-order valence-electron chi connectivity index (χ1n) is 9.13. The third-order valence-corrected chi connectivity index (χ3v) is 6.48. The molecule has 0 saturated carbocycles. The van der Waals surface area contributed by atoms with E-state index in [9.17, 15) is 13.2 Å². The number of hydrogen-bond acceptors (Lipinski definition) is 5. The van der Waals surface area contributed by atoms with Gasteiger partial charge in [-0.25, -0.2) is 17.9 Å². The van der Waals surface area contributed by atoms with Gasteiger partial charge in [0.25, 0.3) is 0 Å². The van der Waals surface area contributed by atoms with E-state index < -0.39 is 16.1 Å². The second-order valence-corrected chi connectivity index (χ2v) is 8.84. The molecule has 7 nitrogen and oxygen atoms in total. The molecule has 2 amide bonds. The fraction of sp³-hybridized carbons (Fsp3) is 0.611. The van der Waals surface area contributed by atoms with Gasteiger partial charge in [-0.15, -0.1) is 0 Å². The Morgan fingerprint density at radius 2 is 1.77 bits per heavy atom. The second kappa shape index (κ2) is 7.94. The number of hydrogen-bond donors (Lipinski definition) is 2. The third kappa shape index (κ3) is 4.36. The van der Waals surface area contributed by atoms with Crippen LogP contribution in [0, 0.1) is 0 Å². The third-order valence-electron chi connectivity index (χ3n) is 5.16. The van der Waals surface area contributed by atoms with E-state index in [4.69, 9.17) is 4.84 Å². The average molecular weight is 381 g/mol. The molecule has 0 atom stereocenters. The number of fused-ring (bicyclic) bond motifs is 2. The van der Waals surface area contributed by atoms with Crippen LogP contribution < -0.4 is 10.0 Å². The molecular weight excluding hydrogens is 354 g/mol. The van der Waals surface area contributed by atoms with E-state index in [0.29, 0.717) is 13.0 Å². The van der Waals surface area contributed by atoms with Crippen molar-refractivity contribution in [1.82, 2.24) is 9.79 Å². The SMILES string of the molecule is CON(C)CCCS(=O)(=O)NC(=O)Nc1c2c(cc3c1CCC3)CCC2. The van der Waals surface area contributed by atoms with E-state index in [2.05, 4.69) is 16.1 Å². The van der Waals surface area contributed by atoms with Gasteiger partial charge in [0.15, 0.2) is 0 Å². The Kier molecular flexibility index (Phi) is 5.84. The lowest BCUT2D eigenvalue weighted by atomic mass is 9.99. The molecule has 2 N–H and O–H groups in total. The van der Waals surface area contributed by atoms with E-state index in [0.717, 1.165) is 44.2 Å². The number of nitrogens with zero attached hydrogens (tertiary/aromatic N) is 1. The Labute approximate surface area is 155 Å². The summed E-state index contributed by atoms with van der Waals surface area (Å²) in [4.78, 5) is 17.3. The molecule has 0 unspecified atom stereocenters. The molecule has 2 aliphatic carbocycles. The molecule has 26 heavy (non-hydrogen) atoms. The van der Waals surface area contributed by atoms with Crippen molar-refractivity contribution in [3.05, 3.63) is 28.3 Å². The summed E-state index contributed by atoms with van der Waals surface area (Å²) < 4.78 is 26.4. The van der Waals surface area contributed by atoms with E-state index in [1.165, 1.54) is 29.4 Å². The van der Waals surface area contributed by atoms with Crippen molar-refractivity contribution < 1.29 is 18.0 Å². The first kappa shape index (κ1) is 19.1. The molecular formula is C18H27N3O4S. The molecule has 0 aromatic heterocycles. The first-order valence-corrected chi connectivity index (χ1v) is 10.8. The predicted molar refractivity (Wildman–Crippen MR) is 101 cm³/mol. The van der Waals surface area contributed by atoms with Gasteiger partial charge in [-0.3, -0.25) is 0 Å². The minimum Gasteiger partial charge on any atom is -0.307 e. The zero-order valence-electron chi connectivity index (χ0n) is 15.4. The van der Waals surface area contributed by atoms with Gasteiger partial charge in [0, 0.05) is 19.3 Å². The van der Waals surface area contributed by atoms with Crippen molar-refractivity contribution in [3.8, 4) is 0 Å². The lowest BCUT2D eigenvalue weighted by Gasteiger charge is -2.17. The maximum atomic E-state index is 12.3. The summed E-state index contributed by atoms with van der Waals surface area (Å²) >= 11 is 0. The van der Waals surface area contributed by atoms with Gasteiger partial charge in [0.2, 0.25) is 10.0 Å². The van der Waals surface area contributed by atoms with Gasteiger partial charge in [0.1, 0.15) is 0 Å². The molecule has 2 aliphatic rings. The second-order valence-electron chi connectivity index (χ2n) is 7.00. The number of aryl methyl sites for hydroxylation is 2. The van der Waals surface area contributed by atoms with Gasteiger partial charge < -0.3 is 10.2 Å². The van der Waals surface area contributed by atoms with Crippen LogP contribution in [-0.2, 0) is 40.5 Å². The first-order chi connectivity index (χ1) is 12.4. The number of carbonyl (C=O) groups is 1. The van der Waals surface area contributed by atoms with Crippen LogP contribution in [-0.4, -0.2) is 46.0 Å². The summed E-state index contributed by atoms with van der Waals surface area (Å²) in [5, 5.41) is 4.39. The number of carbonyl (C=O) groups excluding carboxylic acids is 1. The normalized spacial score (nSPS) is 15.8. The van der Waals surface area contributed by atoms with Crippen molar-refractivity contribution in [2.24, 2.45) is 0 Å². The Morgan fingerprint density at radius 1 is 1.15 bits per heavy atom. The van der Waals surface area contributed by atoms with Gasteiger partial charge in [0.05, 0.1) is 12.9 Å². The fourth-order valence-corrected chi connectivity index (χ4v) is 4.81. The summed E-state index contributed by atoms with van der Waals surface area (Å²) in [6.07, 6.45) is 6.49. The molecule has 0 radical (unpaired) electrons. The van der Waals surface area contributed by atoms with Gasteiger partial charge in [-0.1, -0.05) is 6.07 Å². The number of anilines is 1. The standard InChI is InChI=1S/C18H27N3O4S/c1-21(25-2)10-5-11-26(23,24)20-18(22)19-17-15-8-3-6-13(15)12-14-7-4-9-16(14)17/h12H,3-11H2,1-2H3,(H2,19,20,22). The van der Waals surface area contributed by atoms with Gasteiger partial charge in [-0.05, 0) is 67.2 Å². The molecule has 1 aromatic rings. The van der Waals surface area contributed by atoms with Crippen LogP contribution in [0.15, 0.2) is 6.07 Å². The summed E-state index contributed by atoms with van der Waals surface area (Å²) in [7, 11) is -0.427. The highest BCUT2D eigenvalue weighted by atomic mass is 32.2. The Balaban J connectivity index is 1.66. The van der Waals surface area contributed by atoms with Crippen molar-refractivity contribution >= 4 is 21.7 Å². The number of urea groups is 1. The maximum absolute atomic E-state index is 12.3. The van der Waals surface area contributed by atoms with Gasteiger partial charge >= 0.3 is 6.03 Å². The topological polar surface area (TPSA) is 87.7 Å². The summed E-state index contributed by atoms with van der Waals surface area (Å²) in [5.41, 5.74) is 5.80. The van der Waals surface area contributed by atoms with E-state index in [-0.39, 0.29) is 5.75 Å². The number of hydroxylamine groups is 2. The van der Waals surface area contributed by atoms with Crippen molar-refractivity contribution in [3.63, 3.8) is 0 Å². The highest BCUT2D eigenvalue weighted by Gasteiger charge is 2.25. The smallest absolute Gasteiger partial charge is 0.307 e. The van der Waals surface area contributed by atoms with Crippen molar-refractivity contribution in [2.75, 3.05) is 31.8 Å². The Morgan fingerprint density at radius 3 is 2.35 bits per heavy atom. The maximum Gasteiger partial charge on any atom is 0.332 e. The van der Waals surface area contributed by atoms with Crippen LogP contribution in [0.25, 0.3) is 0 Å². The van der Waals surface area contributed by atoms with Crippen LogP contribution in [0.2, 0.25) is 0 Å².